The summed E-state index contributed by atoms with van der Waals surface area (Å²) in [5.41, 5.74) is 0.550. The second-order valence-electron chi connectivity index (χ2n) is 5.53. The molecule has 2 nitrogen and oxygen atoms in total. The molecule has 1 aliphatic carbocycles. The molecule has 2 aliphatic rings. The number of nitrogens with one attached hydrogen (secondary N) is 1. The monoisotopic (exact) mass is 240 g/mol. The number of aliphatic imine (C=N–C) groups is 1. The number of amidine groups is 1. The summed E-state index contributed by atoms with van der Waals surface area (Å²) in [6.07, 6.45) is 5.26. The quantitative estimate of drug-likeness (QED) is 0.815. The zero-order valence-corrected chi connectivity index (χ0v) is 11.6. The molecule has 0 radical (unpaired) electrons. The standard InChI is InChI=1S/C13H24N2S/c1-4-11-5-8-16-12(15-11)14-9-13(6-7-13)10(2)3/h10-11H,4-9H2,1-3H3,(H,14,15). The predicted molar refractivity (Wildman–Crippen MR) is 73.1 cm³/mol. The Morgan fingerprint density at radius 2 is 2.25 bits per heavy atom. The Balaban J connectivity index is 1.87. The molecule has 1 atom stereocenters. The molecule has 0 aromatic heterocycles. The van der Waals surface area contributed by atoms with Gasteiger partial charge >= 0.3 is 0 Å². The van der Waals surface area contributed by atoms with Crippen molar-refractivity contribution in [3.8, 4) is 0 Å². The molecule has 1 N–H and O–H groups in total. The minimum atomic E-state index is 0.550. The Morgan fingerprint density at radius 1 is 1.50 bits per heavy atom. The molecule has 1 heterocycles. The predicted octanol–water partition coefficient (Wildman–Crippen LogP) is 3.28. The third-order valence-corrected chi connectivity index (χ3v) is 5.14. The molecular formula is C13H24N2S. The van der Waals surface area contributed by atoms with Crippen molar-refractivity contribution in [3.63, 3.8) is 0 Å². The molecule has 0 spiro atoms. The first-order chi connectivity index (χ1) is 7.66. The third kappa shape index (κ3) is 2.73. The molecule has 0 amide bonds. The van der Waals surface area contributed by atoms with Crippen LogP contribution in [0.2, 0.25) is 0 Å². The summed E-state index contributed by atoms with van der Waals surface area (Å²) in [5.74, 6) is 2.02. The first kappa shape index (κ1) is 12.3. The SMILES string of the molecule is CCC1CCSC(=NCC2(C(C)C)CC2)N1. The van der Waals surface area contributed by atoms with E-state index in [0.29, 0.717) is 11.5 Å². The van der Waals surface area contributed by atoms with Gasteiger partial charge in [0.15, 0.2) is 5.17 Å². The van der Waals surface area contributed by atoms with Gasteiger partial charge in [0.05, 0.1) is 0 Å². The molecule has 0 aromatic carbocycles. The van der Waals surface area contributed by atoms with Gasteiger partial charge in [0, 0.05) is 18.3 Å². The Kier molecular flexibility index (Phi) is 3.83. The molecule has 1 aliphatic heterocycles. The van der Waals surface area contributed by atoms with Crippen molar-refractivity contribution in [2.75, 3.05) is 12.3 Å². The highest BCUT2D eigenvalue weighted by Gasteiger charge is 2.45. The first-order valence-electron chi connectivity index (χ1n) is 6.60. The molecule has 0 aromatic rings. The van der Waals surface area contributed by atoms with Crippen LogP contribution in [0.5, 0.6) is 0 Å². The molecule has 1 saturated carbocycles. The highest BCUT2D eigenvalue weighted by molar-refractivity contribution is 8.13. The van der Waals surface area contributed by atoms with Crippen LogP contribution in [0, 0.1) is 11.3 Å². The number of nitrogens with zero attached hydrogens (tertiary/aromatic N) is 1. The van der Waals surface area contributed by atoms with Gasteiger partial charge < -0.3 is 5.32 Å². The topological polar surface area (TPSA) is 24.4 Å². The van der Waals surface area contributed by atoms with E-state index in [4.69, 9.17) is 4.99 Å². The molecule has 1 unspecified atom stereocenters. The van der Waals surface area contributed by atoms with Crippen LogP contribution in [0.15, 0.2) is 4.99 Å². The van der Waals surface area contributed by atoms with Crippen molar-refractivity contribution >= 4 is 16.9 Å². The average Bonchev–Trinajstić information content (AvgIpc) is 3.08. The number of hydrogen-bond acceptors (Lipinski definition) is 2. The van der Waals surface area contributed by atoms with Crippen LogP contribution >= 0.6 is 11.8 Å². The van der Waals surface area contributed by atoms with E-state index in [2.05, 4.69) is 26.1 Å². The molecular weight excluding hydrogens is 216 g/mol. The highest BCUT2D eigenvalue weighted by atomic mass is 32.2. The largest absolute Gasteiger partial charge is 0.362 e. The van der Waals surface area contributed by atoms with E-state index in [1.165, 1.54) is 36.6 Å². The van der Waals surface area contributed by atoms with Gasteiger partial charge in [0.2, 0.25) is 0 Å². The summed E-state index contributed by atoms with van der Waals surface area (Å²) in [6.45, 7) is 7.96. The van der Waals surface area contributed by atoms with Crippen LogP contribution in [-0.4, -0.2) is 23.5 Å². The van der Waals surface area contributed by atoms with Crippen LogP contribution < -0.4 is 5.32 Å². The van der Waals surface area contributed by atoms with Crippen LogP contribution in [-0.2, 0) is 0 Å². The fourth-order valence-corrected chi connectivity index (χ4v) is 3.29. The van der Waals surface area contributed by atoms with Gasteiger partial charge in [-0.2, -0.15) is 0 Å². The molecule has 2 rings (SSSR count). The lowest BCUT2D eigenvalue weighted by Crippen LogP contribution is -2.37. The molecule has 1 saturated heterocycles. The Bertz CT molecular complexity index is 269. The van der Waals surface area contributed by atoms with Crippen molar-refractivity contribution < 1.29 is 0 Å². The van der Waals surface area contributed by atoms with Crippen LogP contribution in [0.1, 0.15) is 46.5 Å². The third-order valence-electron chi connectivity index (χ3n) is 4.18. The molecule has 2 fully saturated rings. The smallest absolute Gasteiger partial charge is 0.156 e. The maximum atomic E-state index is 4.81. The van der Waals surface area contributed by atoms with Gasteiger partial charge in [-0.15, -0.1) is 0 Å². The highest BCUT2D eigenvalue weighted by Crippen LogP contribution is 2.52. The van der Waals surface area contributed by atoms with Gasteiger partial charge in [-0.05, 0) is 37.0 Å². The first-order valence-corrected chi connectivity index (χ1v) is 7.58. The van der Waals surface area contributed by atoms with Gasteiger partial charge in [-0.25, -0.2) is 0 Å². The normalized spacial score (nSPS) is 30.5. The molecule has 92 valence electrons. The Morgan fingerprint density at radius 3 is 2.81 bits per heavy atom. The van der Waals surface area contributed by atoms with Crippen LogP contribution in [0.25, 0.3) is 0 Å². The van der Waals surface area contributed by atoms with Gasteiger partial charge in [-0.1, -0.05) is 32.5 Å². The minimum absolute atomic E-state index is 0.550. The zero-order valence-electron chi connectivity index (χ0n) is 10.8. The van der Waals surface area contributed by atoms with E-state index in [0.717, 1.165) is 12.5 Å². The van der Waals surface area contributed by atoms with E-state index in [-0.39, 0.29) is 0 Å². The van der Waals surface area contributed by atoms with Gasteiger partial charge in [0.25, 0.3) is 0 Å². The van der Waals surface area contributed by atoms with Crippen molar-refractivity contribution in [1.82, 2.24) is 5.32 Å². The second-order valence-corrected chi connectivity index (χ2v) is 6.61. The summed E-state index contributed by atoms with van der Waals surface area (Å²) >= 11 is 1.90. The maximum absolute atomic E-state index is 4.81. The fourth-order valence-electron chi connectivity index (χ4n) is 2.29. The summed E-state index contributed by atoms with van der Waals surface area (Å²) in [6, 6.07) is 0.661. The number of rotatable bonds is 4. The van der Waals surface area contributed by atoms with Crippen LogP contribution in [0.3, 0.4) is 0 Å². The number of hydrogen-bond donors (Lipinski definition) is 1. The lowest BCUT2D eigenvalue weighted by Gasteiger charge is -2.25. The van der Waals surface area contributed by atoms with Crippen molar-refractivity contribution in [2.45, 2.75) is 52.5 Å². The fraction of sp³-hybridized carbons (Fsp3) is 0.923. The van der Waals surface area contributed by atoms with Crippen molar-refractivity contribution in [3.05, 3.63) is 0 Å². The number of thioether (sulfide) groups is 1. The summed E-state index contributed by atoms with van der Waals surface area (Å²) in [7, 11) is 0. The molecule has 0 bridgehead atoms. The van der Waals surface area contributed by atoms with Crippen LogP contribution in [0.4, 0.5) is 0 Å². The van der Waals surface area contributed by atoms with E-state index >= 15 is 0 Å². The summed E-state index contributed by atoms with van der Waals surface area (Å²) in [5, 5.41) is 4.75. The van der Waals surface area contributed by atoms with Crippen molar-refractivity contribution in [2.24, 2.45) is 16.3 Å². The lowest BCUT2D eigenvalue weighted by atomic mass is 9.93. The summed E-state index contributed by atoms with van der Waals surface area (Å²) in [4.78, 5) is 4.81. The minimum Gasteiger partial charge on any atom is -0.362 e. The summed E-state index contributed by atoms with van der Waals surface area (Å²) < 4.78 is 0. The van der Waals surface area contributed by atoms with Gasteiger partial charge in [-0.3, -0.25) is 4.99 Å². The molecule has 3 heteroatoms. The Labute approximate surface area is 104 Å². The average molecular weight is 240 g/mol. The van der Waals surface area contributed by atoms with Gasteiger partial charge in [0.1, 0.15) is 0 Å². The van der Waals surface area contributed by atoms with E-state index in [9.17, 15) is 0 Å². The Hall–Kier alpha value is -0.180. The van der Waals surface area contributed by atoms with E-state index in [1.807, 2.05) is 11.8 Å². The van der Waals surface area contributed by atoms with E-state index < -0.39 is 0 Å². The maximum Gasteiger partial charge on any atom is 0.156 e. The lowest BCUT2D eigenvalue weighted by molar-refractivity contribution is 0.370. The van der Waals surface area contributed by atoms with E-state index in [1.54, 1.807) is 0 Å². The zero-order chi connectivity index (χ0) is 11.6. The molecule has 16 heavy (non-hydrogen) atoms. The van der Waals surface area contributed by atoms with Crippen molar-refractivity contribution in [1.29, 1.82) is 0 Å². The second kappa shape index (κ2) is 4.99.